The van der Waals surface area contributed by atoms with Gasteiger partial charge < -0.3 is 14.8 Å². The van der Waals surface area contributed by atoms with Crippen LogP contribution in [0.2, 0.25) is 15.1 Å². The first-order chi connectivity index (χ1) is 12.5. The van der Waals surface area contributed by atoms with Crippen molar-refractivity contribution in [3.05, 3.63) is 27.2 Å². The lowest BCUT2D eigenvalue weighted by Gasteiger charge is -2.20. The van der Waals surface area contributed by atoms with Crippen molar-refractivity contribution in [2.75, 3.05) is 13.2 Å². The van der Waals surface area contributed by atoms with E-state index in [0.717, 1.165) is 25.7 Å². The van der Waals surface area contributed by atoms with Crippen molar-refractivity contribution in [1.82, 2.24) is 5.32 Å². The third-order valence-electron chi connectivity index (χ3n) is 4.15. The largest absolute Gasteiger partial charge is 0.480 e. The molecule has 144 valence electrons. The predicted molar refractivity (Wildman–Crippen MR) is 102 cm³/mol. The number of hydrogen-bond acceptors (Lipinski definition) is 4. The molecule has 1 aliphatic rings. The third kappa shape index (κ3) is 7.22. The Kier molecular flexibility index (Phi) is 8.82. The zero-order chi connectivity index (χ0) is 18.9. The number of carbonyl (C=O) groups is 2. The van der Waals surface area contributed by atoms with Crippen molar-refractivity contribution < 1.29 is 19.1 Å². The monoisotopic (exact) mass is 421 g/mol. The highest BCUT2D eigenvalue weighted by atomic mass is 35.5. The molecule has 0 saturated heterocycles. The molecule has 1 amide bonds. The van der Waals surface area contributed by atoms with Crippen LogP contribution in [0.25, 0.3) is 0 Å². The second-order valence-electron chi connectivity index (χ2n) is 6.26. The van der Waals surface area contributed by atoms with Gasteiger partial charge in [0.2, 0.25) is 0 Å². The Morgan fingerprint density at radius 1 is 0.923 bits per heavy atom. The van der Waals surface area contributed by atoms with Crippen LogP contribution in [0.4, 0.5) is 0 Å². The van der Waals surface area contributed by atoms with E-state index < -0.39 is 5.97 Å². The number of ether oxygens (including phenoxy) is 2. The normalized spacial score (nSPS) is 15.7. The fraction of sp³-hybridized carbons (Fsp3) is 0.556. The number of hydrogen-bond donors (Lipinski definition) is 1. The maximum atomic E-state index is 11.9. The molecular formula is C18H22Cl3NO4. The predicted octanol–water partition coefficient (Wildman–Crippen LogP) is 4.80. The summed E-state index contributed by atoms with van der Waals surface area (Å²) in [6.07, 6.45) is 7.84. The number of esters is 1. The number of amides is 1. The molecule has 5 nitrogen and oxygen atoms in total. The van der Waals surface area contributed by atoms with Crippen LogP contribution < -0.4 is 10.1 Å². The Morgan fingerprint density at radius 3 is 2.23 bits per heavy atom. The summed E-state index contributed by atoms with van der Waals surface area (Å²) in [7, 11) is 0. The van der Waals surface area contributed by atoms with Crippen LogP contribution in [0, 0.1) is 0 Å². The van der Waals surface area contributed by atoms with Crippen LogP contribution >= 0.6 is 34.8 Å². The number of carbonyl (C=O) groups excluding carboxylic acids is 2. The lowest BCUT2D eigenvalue weighted by molar-refractivity contribution is -0.150. The lowest BCUT2D eigenvalue weighted by Crippen LogP contribution is -2.38. The van der Waals surface area contributed by atoms with Gasteiger partial charge in [0, 0.05) is 12.1 Å². The highest BCUT2D eigenvalue weighted by molar-refractivity contribution is 6.43. The molecule has 1 aliphatic carbocycles. The topological polar surface area (TPSA) is 64.6 Å². The Labute approximate surface area is 168 Å². The maximum absolute atomic E-state index is 11.9. The van der Waals surface area contributed by atoms with E-state index >= 15 is 0 Å². The minimum atomic E-state index is -0.667. The van der Waals surface area contributed by atoms with Crippen LogP contribution in [-0.2, 0) is 14.3 Å². The van der Waals surface area contributed by atoms with Gasteiger partial charge in [-0.2, -0.15) is 0 Å². The smallest absolute Gasteiger partial charge is 0.344 e. The molecule has 1 aromatic rings. The summed E-state index contributed by atoms with van der Waals surface area (Å²) in [5, 5.41) is 3.71. The van der Waals surface area contributed by atoms with Gasteiger partial charge in [-0.3, -0.25) is 4.79 Å². The van der Waals surface area contributed by atoms with Crippen molar-refractivity contribution in [2.45, 2.75) is 51.0 Å². The second-order valence-corrected chi connectivity index (χ2v) is 7.48. The van der Waals surface area contributed by atoms with Crippen LogP contribution in [-0.4, -0.2) is 31.1 Å². The Bertz CT molecular complexity index is 631. The Balaban J connectivity index is 1.71. The molecule has 0 radical (unpaired) electrons. The molecule has 0 aromatic heterocycles. The summed E-state index contributed by atoms with van der Waals surface area (Å²) in [6, 6.07) is 3.00. The third-order valence-corrected chi connectivity index (χ3v) is 5.17. The van der Waals surface area contributed by atoms with Crippen LogP contribution in [0.5, 0.6) is 5.75 Å². The van der Waals surface area contributed by atoms with Gasteiger partial charge in [0.1, 0.15) is 5.75 Å². The van der Waals surface area contributed by atoms with Crippen LogP contribution in [0.15, 0.2) is 12.1 Å². The molecule has 1 N–H and O–H groups in total. The molecule has 26 heavy (non-hydrogen) atoms. The molecule has 0 unspecified atom stereocenters. The molecule has 1 aromatic carbocycles. The van der Waals surface area contributed by atoms with Crippen molar-refractivity contribution in [3.63, 3.8) is 0 Å². The first-order valence-electron chi connectivity index (χ1n) is 8.68. The van der Waals surface area contributed by atoms with E-state index in [1.807, 2.05) is 0 Å². The highest BCUT2D eigenvalue weighted by Gasteiger charge is 2.16. The summed E-state index contributed by atoms with van der Waals surface area (Å²) < 4.78 is 10.2. The summed E-state index contributed by atoms with van der Waals surface area (Å²) in [5.74, 6) is -0.742. The minimum absolute atomic E-state index is 0.160. The molecule has 1 saturated carbocycles. The van der Waals surface area contributed by atoms with Crippen molar-refractivity contribution in [2.24, 2.45) is 0 Å². The van der Waals surface area contributed by atoms with Gasteiger partial charge in [-0.05, 0) is 18.9 Å². The van der Waals surface area contributed by atoms with Gasteiger partial charge in [0.15, 0.2) is 13.2 Å². The highest BCUT2D eigenvalue weighted by Crippen LogP contribution is 2.33. The zero-order valence-corrected chi connectivity index (χ0v) is 16.6. The fourth-order valence-electron chi connectivity index (χ4n) is 2.81. The van der Waals surface area contributed by atoms with E-state index in [1.165, 1.54) is 31.4 Å². The van der Waals surface area contributed by atoms with Gasteiger partial charge in [-0.1, -0.05) is 66.9 Å². The SMILES string of the molecule is O=C(COC(=O)COc1cc(Cl)c(Cl)cc1Cl)NC1CCCCCCC1. The maximum Gasteiger partial charge on any atom is 0.344 e. The lowest BCUT2D eigenvalue weighted by atomic mass is 9.97. The Hall–Kier alpha value is -1.17. The molecule has 0 aliphatic heterocycles. The van der Waals surface area contributed by atoms with Crippen molar-refractivity contribution in [3.8, 4) is 5.75 Å². The number of benzene rings is 1. The van der Waals surface area contributed by atoms with E-state index in [-0.39, 0.29) is 46.0 Å². The first-order valence-corrected chi connectivity index (χ1v) is 9.81. The summed E-state index contributed by atoms with van der Waals surface area (Å²) >= 11 is 17.7. The molecule has 0 spiro atoms. The van der Waals surface area contributed by atoms with Gasteiger partial charge in [0.25, 0.3) is 5.91 Å². The molecule has 0 atom stereocenters. The molecule has 0 bridgehead atoms. The van der Waals surface area contributed by atoms with Gasteiger partial charge in [-0.25, -0.2) is 4.79 Å². The number of nitrogens with one attached hydrogen (secondary N) is 1. The quantitative estimate of drug-likeness (QED) is 0.528. The van der Waals surface area contributed by atoms with Crippen LogP contribution in [0.1, 0.15) is 44.9 Å². The van der Waals surface area contributed by atoms with Crippen molar-refractivity contribution >= 4 is 46.7 Å². The average Bonchev–Trinajstić information content (AvgIpc) is 2.57. The van der Waals surface area contributed by atoms with E-state index in [9.17, 15) is 9.59 Å². The van der Waals surface area contributed by atoms with Gasteiger partial charge in [0.05, 0.1) is 15.1 Å². The van der Waals surface area contributed by atoms with E-state index in [0.29, 0.717) is 0 Å². The summed E-state index contributed by atoms with van der Waals surface area (Å²) in [4.78, 5) is 23.7. The molecular weight excluding hydrogens is 401 g/mol. The molecule has 8 heteroatoms. The first kappa shape index (κ1) is 21.1. The number of halogens is 3. The molecule has 1 fully saturated rings. The van der Waals surface area contributed by atoms with Gasteiger partial charge >= 0.3 is 5.97 Å². The summed E-state index contributed by atoms with van der Waals surface area (Å²) in [6.45, 7) is -0.706. The van der Waals surface area contributed by atoms with E-state index in [2.05, 4.69) is 5.32 Å². The van der Waals surface area contributed by atoms with Crippen molar-refractivity contribution in [1.29, 1.82) is 0 Å². The second kappa shape index (κ2) is 10.9. The van der Waals surface area contributed by atoms with E-state index in [1.54, 1.807) is 0 Å². The minimum Gasteiger partial charge on any atom is -0.480 e. The molecule has 0 heterocycles. The standard InChI is InChI=1S/C18H22Cl3NO4/c19-13-8-15(21)16(9-14(13)20)25-11-18(24)26-10-17(23)22-12-6-4-2-1-3-5-7-12/h8-9,12H,1-7,10-11H2,(H,22,23). The zero-order valence-electron chi connectivity index (χ0n) is 14.4. The summed E-state index contributed by atoms with van der Waals surface area (Å²) in [5.41, 5.74) is 0. The fourth-order valence-corrected chi connectivity index (χ4v) is 3.40. The van der Waals surface area contributed by atoms with E-state index in [4.69, 9.17) is 44.3 Å². The average molecular weight is 423 g/mol. The van der Waals surface area contributed by atoms with Gasteiger partial charge in [-0.15, -0.1) is 0 Å². The van der Waals surface area contributed by atoms with Crippen LogP contribution in [0.3, 0.4) is 0 Å². The number of rotatable bonds is 6. The Morgan fingerprint density at radius 2 is 1.54 bits per heavy atom. The molecule has 2 rings (SSSR count).